The van der Waals surface area contributed by atoms with Crippen LogP contribution in [0, 0.1) is 5.92 Å². The van der Waals surface area contributed by atoms with Crippen LogP contribution in [-0.2, 0) is 9.59 Å². The number of piperidine rings is 1. The Morgan fingerprint density at radius 2 is 2.30 bits per heavy atom. The van der Waals surface area contributed by atoms with Crippen LogP contribution in [0.2, 0.25) is 0 Å². The van der Waals surface area contributed by atoms with Crippen molar-refractivity contribution in [2.45, 2.75) is 18.9 Å². The van der Waals surface area contributed by atoms with Crippen molar-refractivity contribution in [3.05, 3.63) is 0 Å². The molecule has 0 spiro atoms. The first kappa shape index (κ1) is 15.1. The molecule has 2 atom stereocenters. The summed E-state index contributed by atoms with van der Waals surface area (Å²) in [6.07, 6.45) is 1.59. The lowest BCUT2D eigenvalue weighted by Gasteiger charge is -2.33. The molecule has 2 saturated heterocycles. The van der Waals surface area contributed by atoms with Crippen molar-refractivity contribution < 1.29 is 14.4 Å². The smallest absolute Gasteiger partial charge is 0.279 e. The van der Waals surface area contributed by atoms with Gasteiger partial charge in [-0.3, -0.25) is 14.4 Å². The molecular formula is C12H20N4O3S. The van der Waals surface area contributed by atoms with E-state index >= 15 is 0 Å². The van der Waals surface area contributed by atoms with Gasteiger partial charge in [0, 0.05) is 31.9 Å². The van der Waals surface area contributed by atoms with Crippen molar-refractivity contribution in [1.29, 1.82) is 0 Å². The number of nitrogens with zero attached hydrogens (tertiary/aromatic N) is 1. The summed E-state index contributed by atoms with van der Waals surface area (Å²) >= 11 is 1.13. The number of nitrogens with two attached hydrogens (primary N) is 1. The molecule has 0 saturated carbocycles. The van der Waals surface area contributed by atoms with Crippen LogP contribution in [0.5, 0.6) is 0 Å². The fourth-order valence-electron chi connectivity index (χ4n) is 2.47. The summed E-state index contributed by atoms with van der Waals surface area (Å²) < 4.78 is 0. The topological polar surface area (TPSA) is 105 Å². The first-order valence-corrected chi connectivity index (χ1v) is 7.80. The Kier molecular flexibility index (Phi) is 5.24. The SMILES string of the molecule is NCCNC(=O)C1CCCN(C(=O)C2CSC(=O)N2)C1. The molecule has 8 heteroatoms. The van der Waals surface area contributed by atoms with E-state index in [1.54, 1.807) is 4.90 Å². The summed E-state index contributed by atoms with van der Waals surface area (Å²) in [4.78, 5) is 37.0. The number of hydrogen-bond acceptors (Lipinski definition) is 5. The minimum Gasteiger partial charge on any atom is -0.355 e. The summed E-state index contributed by atoms with van der Waals surface area (Å²) in [7, 11) is 0. The Morgan fingerprint density at radius 1 is 1.50 bits per heavy atom. The Balaban J connectivity index is 1.88. The molecule has 0 aliphatic carbocycles. The summed E-state index contributed by atoms with van der Waals surface area (Å²) in [6, 6.07) is -0.446. The van der Waals surface area contributed by atoms with Gasteiger partial charge in [0.1, 0.15) is 6.04 Å². The van der Waals surface area contributed by atoms with Crippen LogP contribution in [0.25, 0.3) is 0 Å². The lowest BCUT2D eigenvalue weighted by atomic mass is 9.96. The van der Waals surface area contributed by atoms with E-state index in [9.17, 15) is 14.4 Å². The van der Waals surface area contributed by atoms with Crippen LogP contribution < -0.4 is 16.4 Å². The van der Waals surface area contributed by atoms with Gasteiger partial charge in [-0.25, -0.2) is 0 Å². The number of likely N-dealkylation sites (tertiary alicyclic amines) is 1. The average molecular weight is 300 g/mol. The number of amides is 3. The highest BCUT2D eigenvalue weighted by atomic mass is 32.2. The van der Waals surface area contributed by atoms with Gasteiger partial charge in [0.2, 0.25) is 11.8 Å². The van der Waals surface area contributed by atoms with Gasteiger partial charge in [-0.05, 0) is 12.8 Å². The lowest BCUT2D eigenvalue weighted by molar-refractivity contribution is -0.136. The summed E-state index contributed by atoms with van der Waals surface area (Å²) in [6.45, 7) is 1.94. The molecule has 0 bridgehead atoms. The van der Waals surface area contributed by atoms with Crippen molar-refractivity contribution in [3.63, 3.8) is 0 Å². The van der Waals surface area contributed by atoms with E-state index in [1.807, 2.05) is 0 Å². The Labute approximate surface area is 122 Å². The molecule has 20 heavy (non-hydrogen) atoms. The van der Waals surface area contributed by atoms with Gasteiger partial charge in [-0.2, -0.15) is 0 Å². The van der Waals surface area contributed by atoms with E-state index in [2.05, 4.69) is 10.6 Å². The largest absolute Gasteiger partial charge is 0.355 e. The second-order valence-corrected chi connectivity index (χ2v) is 5.99. The molecule has 2 unspecified atom stereocenters. The standard InChI is InChI=1S/C12H20N4O3S/c13-3-4-14-10(17)8-2-1-5-16(6-8)11(18)9-7-20-12(19)15-9/h8-9H,1-7,13H2,(H,14,17)(H,15,19). The highest BCUT2D eigenvalue weighted by Crippen LogP contribution is 2.20. The fourth-order valence-corrected chi connectivity index (χ4v) is 3.24. The van der Waals surface area contributed by atoms with Gasteiger partial charge in [-0.15, -0.1) is 0 Å². The van der Waals surface area contributed by atoms with Crippen LogP contribution in [0.1, 0.15) is 12.8 Å². The number of nitrogens with one attached hydrogen (secondary N) is 2. The highest BCUT2D eigenvalue weighted by Gasteiger charge is 2.35. The molecule has 2 heterocycles. The summed E-state index contributed by atoms with van der Waals surface area (Å²) in [5.74, 6) is 0.166. The number of carbonyl (C=O) groups is 3. The van der Waals surface area contributed by atoms with Crippen molar-refractivity contribution in [3.8, 4) is 0 Å². The maximum atomic E-state index is 12.3. The first-order chi connectivity index (χ1) is 9.61. The molecule has 0 aromatic rings. The van der Waals surface area contributed by atoms with E-state index < -0.39 is 6.04 Å². The fraction of sp³-hybridized carbons (Fsp3) is 0.750. The second-order valence-electron chi connectivity index (χ2n) is 5.00. The predicted molar refractivity (Wildman–Crippen MR) is 76.1 cm³/mol. The molecule has 0 aromatic heterocycles. The van der Waals surface area contributed by atoms with E-state index in [-0.39, 0.29) is 23.0 Å². The Hall–Kier alpha value is -1.28. The van der Waals surface area contributed by atoms with E-state index in [4.69, 9.17) is 5.73 Å². The molecule has 0 aromatic carbocycles. The minimum absolute atomic E-state index is 0.0437. The average Bonchev–Trinajstić information content (AvgIpc) is 2.90. The minimum atomic E-state index is -0.446. The van der Waals surface area contributed by atoms with Gasteiger partial charge in [-0.1, -0.05) is 11.8 Å². The Morgan fingerprint density at radius 3 is 2.95 bits per heavy atom. The summed E-state index contributed by atoms with van der Waals surface area (Å²) in [5.41, 5.74) is 5.36. The molecule has 3 amide bonds. The molecule has 2 rings (SSSR count). The quantitative estimate of drug-likeness (QED) is 0.626. The van der Waals surface area contributed by atoms with E-state index in [0.29, 0.717) is 31.9 Å². The molecule has 7 nitrogen and oxygen atoms in total. The predicted octanol–water partition coefficient (Wildman–Crippen LogP) is -0.875. The third-order valence-electron chi connectivity index (χ3n) is 3.52. The molecule has 2 aliphatic heterocycles. The van der Waals surface area contributed by atoms with Gasteiger partial charge in [0.15, 0.2) is 0 Å². The number of hydrogen-bond donors (Lipinski definition) is 3. The third-order valence-corrected chi connectivity index (χ3v) is 4.40. The molecule has 4 N–H and O–H groups in total. The molecule has 2 fully saturated rings. The van der Waals surface area contributed by atoms with Crippen LogP contribution in [0.3, 0.4) is 0 Å². The monoisotopic (exact) mass is 300 g/mol. The Bertz CT molecular complexity index is 404. The first-order valence-electron chi connectivity index (χ1n) is 6.81. The van der Waals surface area contributed by atoms with E-state index in [0.717, 1.165) is 24.6 Å². The van der Waals surface area contributed by atoms with Crippen molar-refractivity contribution in [2.75, 3.05) is 31.9 Å². The van der Waals surface area contributed by atoms with Crippen LogP contribution in [-0.4, -0.2) is 59.9 Å². The van der Waals surface area contributed by atoms with Crippen molar-refractivity contribution >= 4 is 28.8 Å². The zero-order valence-electron chi connectivity index (χ0n) is 11.3. The van der Waals surface area contributed by atoms with Gasteiger partial charge in [0.25, 0.3) is 5.24 Å². The van der Waals surface area contributed by atoms with Crippen LogP contribution in [0.15, 0.2) is 0 Å². The number of rotatable bonds is 4. The van der Waals surface area contributed by atoms with Gasteiger partial charge in [0.05, 0.1) is 5.92 Å². The number of carbonyl (C=O) groups excluding carboxylic acids is 3. The van der Waals surface area contributed by atoms with E-state index in [1.165, 1.54) is 0 Å². The molecule has 112 valence electrons. The lowest BCUT2D eigenvalue weighted by Crippen LogP contribution is -2.51. The van der Waals surface area contributed by atoms with Crippen molar-refractivity contribution in [1.82, 2.24) is 15.5 Å². The second kappa shape index (κ2) is 6.94. The van der Waals surface area contributed by atoms with Gasteiger partial charge < -0.3 is 21.3 Å². The molecular weight excluding hydrogens is 280 g/mol. The zero-order chi connectivity index (χ0) is 14.5. The zero-order valence-corrected chi connectivity index (χ0v) is 12.1. The summed E-state index contributed by atoms with van der Waals surface area (Å²) in [5, 5.41) is 5.25. The molecule has 2 aliphatic rings. The van der Waals surface area contributed by atoms with Gasteiger partial charge >= 0.3 is 0 Å². The van der Waals surface area contributed by atoms with Crippen molar-refractivity contribution in [2.24, 2.45) is 11.7 Å². The maximum Gasteiger partial charge on any atom is 0.279 e. The van der Waals surface area contributed by atoms with Crippen LogP contribution >= 0.6 is 11.8 Å². The number of thioether (sulfide) groups is 1. The maximum absolute atomic E-state index is 12.3. The van der Waals surface area contributed by atoms with Crippen LogP contribution in [0.4, 0.5) is 4.79 Å². The highest BCUT2D eigenvalue weighted by molar-refractivity contribution is 8.14. The third kappa shape index (κ3) is 3.63. The molecule has 0 radical (unpaired) electrons. The normalized spacial score (nSPS) is 26.2.